The van der Waals surface area contributed by atoms with Crippen LogP contribution in [0.4, 0.5) is 0 Å². The molecular formula is C10H14O3. The second kappa shape index (κ2) is 3.05. The second-order valence-corrected chi connectivity index (χ2v) is 3.75. The summed E-state index contributed by atoms with van der Waals surface area (Å²) in [5.41, 5.74) is 0. The minimum atomic E-state index is -0.617. The molecule has 1 saturated carbocycles. The highest BCUT2D eigenvalue weighted by Gasteiger charge is 2.40. The van der Waals surface area contributed by atoms with Gasteiger partial charge in [0.1, 0.15) is 5.76 Å². The zero-order valence-electron chi connectivity index (χ0n) is 7.84. The summed E-state index contributed by atoms with van der Waals surface area (Å²) >= 11 is 0. The second-order valence-electron chi connectivity index (χ2n) is 3.75. The first-order chi connectivity index (χ1) is 6.20. The van der Waals surface area contributed by atoms with Crippen LogP contribution in [0.2, 0.25) is 0 Å². The van der Waals surface area contributed by atoms with Gasteiger partial charge >= 0.3 is 5.97 Å². The predicted molar refractivity (Wildman–Crippen MR) is 46.8 cm³/mol. The summed E-state index contributed by atoms with van der Waals surface area (Å²) in [6, 6.07) is 0. The number of hydrogen-bond donors (Lipinski definition) is 0. The van der Waals surface area contributed by atoms with E-state index in [1.54, 1.807) is 6.92 Å². The molecule has 72 valence electrons. The van der Waals surface area contributed by atoms with Crippen molar-refractivity contribution < 1.29 is 14.3 Å². The Morgan fingerprint density at radius 3 is 2.54 bits per heavy atom. The van der Waals surface area contributed by atoms with Gasteiger partial charge in [-0.05, 0) is 19.8 Å². The fourth-order valence-corrected chi connectivity index (χ4v) is 2.02. The third-order valence-corrected chi connectivity index (χ3v) is 2.57. The summed E-state index contributed by atoms with van der Waals surface area (Å²) in [6.45, 7) is 1.80. The zero-order valence-corrected chi connectivity index (χ0v) is 7.84. The van der Waals surface area contributed by atoms with E-state index in [0.717, 1.165) is 25.7 Å². The van der Waals surface area contributed by atoms with Gasteiger partial charge in [0.2, 0.25) is 0 Å². The van der Waals surface area contributed by atoms with Crippen LogP contribution in [0, 0.1) is 0 Å². The maximum atomic E-state index is 11.2. The van der Waals surface area contributed by atoms with Gasteiger partial charge in [-0.15, -0.1) is 0 Å². The molecule has 0 aromatic heterocycles. The Kier molecular flexibility index (Phi) is 2.02. The Labute approximate surface area is 77.7 Å². The van der Waals surface area contributed by atoms with Crippen LogP contribution in [0.5, 0.6) is 0 Å². The molecule has 0 N–H and O–H groups in total. The van der Waals surface area contributed by atoms with Gasteiger partial charge in [-0.25, -0.2) is 4.79 Å². The van der Waals surface area contributed by atoms with E-state index in [0.29, 0.717) is 5.76 Å². The van der Waals surface area contributed by atoms with Crippen LogP contribution >= 0.6 is 0 Å². The summed E-state index contributed by atoms with van der Waals surface area (Å²) in [5, 5.41) is 0. The van der Waals surface area contributed by atoms with Gasteiger partial charge in [0.05, 0.1) is 6.08 Å². The normalized spacial score (nSPS) is 26.2. The van der Waals surface area contributed by atoms with Gasteiger partial charge in [0, 0.05) is 12.8 Å². The smallest absolute Gasteiger partial charge is 0.337 e. The highest BCUT2D eigenvalue weighted by Crippen LogP contribution is 2.36. The number of carbonyl (C=O) groups excluding carboxylic acids is 1. The highest BCUT2D eigenvalue weighted by molar-refractivity contribution is 5.83. The van der Waals surface area contributed by atoms with E-state index in [9.17, 15) is 4.79 Å². The van der Waals surface area contributed by atoms with E-state index >= 15 is 0 Å². The molecule has 0 aromatic rings. The number of hydrogen-bond acceptors (Lipinski definition) is 3. The summed E-state index contributed by atoms with van der Waals surface area (Å²) in [7, 11) is 0. The lowest BCUT2D eigenvalue weighted by atomic mass is 9.93. The van der Waals surface area contributed by atoms with E-state index in [1.807, 2.05) is 0 Å². The summed E-state index contributed by atoms with van der Waals surface area (Å²) in [5.74, 6) is -0.197. The van der Waals surface area contributed by atoms with E-state index in [4.69, 9.17) is 9.47 Å². The average molecular weight is 182 g/mol. The SMILES string of the molecule is CC1=CC(=O)OC2(CCCCC2)O1. The van der Waals surface area contributed by atoms with Gasteiger partial charge in [-0.1, -0.05) is 6.42 Å². The standard InChI is InChI=1S/C10H14O3/c1-8-7-9(11)13-10(12-8)5-3-2-4-6-10/h7H,2-6H2,1H3. The quantitative estimate of drug-likeness (QED) is 0.538. The van der Waals surface area contributed by atoms with Crippen molar-refractivity contribution >= 4 is 5.97 Å². The molecule has 1 fully saturated rings. The van der Waals surface area contributed by atoms with Crippen LogP contribution < -0.4 is 0 Å². The third-order valence-electron chi connectivity index (χ3n) is 2.57. The van der Waals surface area contributed by atoms with E-state index in [2.05, 4.69) is 0 Å². The van der Waals surface area contributed by atoms with Crippen molar-refractivity contribution in [1.82, 2.24) is 0 Å². The van der Waals surface area contributed by atoms with Crippen molar-refractivity contribution in [1.29, 1.82) is 0 Å². The van der Waals surface area contributed by atoms with Crippen molar-refractivity contribution in [3.05, 3.63) is 11.8 Å². The van der Waals surface area contributed by atoms with E-state index in [-0.39, 0.29) is 5.97 Å². The van der Waals surface area contributed by atoms with Crippen LogP contribution in [0.3, 0.4) is 0 Å². The lowest BCUT2D eigenvalue weighted by Crippen LogP contribution is -2.41. The molecule has 2 aliphatic rings. The van der Waals surface area contributed by atoms with Gasteiger partial charge in [-0.2, -0.15) is 0 Å². The van der Waals surface area contributed by atoms with Gasteiger partial charge in [0.15, 0.2) is 0 Å². The number of esters is 1. The monoisotopic (exact) mass is 182 g/mol. The molecule has 13 heavy (non-hydrogen) atoms. The Hall–Kier alpha value is -0.990. The first-order valence-corrected chi connectivity index (χ1v) is 4.81. The molecule has 0 atom stereocenters. The first-order valence-electron chi connectivity index (χ1n) is 4.81. The molecule has 1 spiro atoms. The lowest BCUT2D eigenvalue weighted by molar-refractivity contribution is -0.232. The van der Waals surface area contributed by atoms with Crippen molar-refractivity contribution in [2.75, 3.05) is 0 Å². The molecule has 0 aromatic carbocycles. The molecule has 2 rings (SSSR count). The summed E-state index contributed by atoms with van der Waals surface area (Å²) in [4.78, 5) is 11.2. The molecule has 0 amide bonds. The largest absolute Gasteiger partial charge is 0.457 e. The molecule has 0 unspecified atom stereocenters. The van der Waals surface area contributed by atoms with Crippen LogP contribution in [-0.2, 0) is 14.3 Å². The Morgan fingerprint density at radius 2 is 1.92 bits per heavy atom. The van der Waals surface area contributed by atoms with Gasteiger partial charge < -0.3 is 9.47 Å². The predicted octanol–water partition coefficient (Wildman–Crippen LogP) is 2.12. The molecule has 3 nitrogen and oxygen atoms in total. The van der Waals surface area contributed by atoms with Gasteiger partial charge in [0.25, 0.3) is 5.79 Å². The van der Waals surface area contributed by atoms with Crippen molar-refractivity contribution in [2.24, 2.45) is 0 Å². The Morgan fingerprint density at radius 1 is 1.23 bits per heavy atom. The Balaban J connectivity index is 2.15. The van der Waals surface area contributed by atoms with Crippen molar-refractivity contribution in [2.45, 2.75) is 44.8 Å². The molecule has 0 bridgehead atoms. The number of ether oxygens (including phenoxy) is 2. The fourth-order valence-electron chi connectivity index (χ4n) is 2.02. The third kappa shape index (κ3) is 1.69. The van der Waals surface area contributed by atoms with Crippen molar-refractivity contribution in [3.8, 4) is 0 Å². The maximum Gasteiger partial charge on any atom is 0.337 e. The Bertz CT molecular complexity index is 249. The van der Waals surface area contributed by atoms with Crippen molar-refractivity contribution in [3.63, 3.8) is 0 Å². The van der Waals surface area contributed by atoms with E-state index in [1.165, 1.54) is 12.5 Å². The molecule has 3 heteroatoms. The molecule has 1 aliphatic carbocycles. The summed E-state index contributed by atoms with van der Waals surface area (Å²) < 4.78 is 10.9. The van der Waals surface area contributed by atoms with E-state index < -0.39 is 5.79 Å². The minimum Gasteiger partial charge on any atom is -0.457 e. The fraction of sp³-hybridized carbons (Fsp3) is 0.700. The maximum absolute atomic E-state index is 11.2. The van der Waals surface area contributed by atoms with Crippen LogP contribution in [0.25, 0.3) is 0 Å². The summed E-state index contributed by atoms with van der Waals surface area (Å²) in [6.07, 6.45) is 6.46. The van der Waals surface area contributed by atoms with Crippen LogP contribution in [0.1, 0.15) is 39.0 Å². The number of rotatable bonds is 0. The molecular weight excluding hydrogens is 168 g/mol. The molecule has 0 radical (unpaired) electrons. The zero-order chi connectivity index (χ0) is 9.31. The minimum absolute atomic E-state index is 0.259. The molecule has 0 saturated heterocycles. The van der Waals surface area contributed by atoms with Crippen LogP contribution in [0.15, 0.2) is 11.8 Å². The lowest BCUT2D eigenvalue weighted by Gasteiger charge is -2.38. The van der Waals surface area contributed by atoms with Gasteiger partial charge in [-0.3, -0.25) is 0 Å². The number of allylic oxidation sites excluding steroid dienone is 1. The molecule has 1 heterocycles. The highest BCUT2D eigenvalue weighted by atomic mass is 16.7. The van der Waals surface area contributed by atoms with Crippen LogP contribution in [-0.4, -0.2) is 11.8 Å². The number of carbonyl (C=O) groups is 1. The average Bonchev–Trinajstić information content (AvgIpc) is 2.02. The molecule has 1 aliphatic heterocycles. The first kappa shape index (κ1) is 8.60. The topological polar surface area (TPSA) is 35.5 Å².